The van der Waals surface area contributed by atoms with Crippen LogP contribution >= 0.6 is 0 Å². The fourth-order valence-corrected chi connectivity index (χ4v) is 5.06. The van der Waals surface area contributed by atoms with E-state index in [2.05, 4.69) is 19.8 Å². The van der Waals surface area contributed by atoms with Crippen LogP contribution in [0.15, 0.2) is 36.8 Å². The summed E-state index contributed by atoms with van der Waals surface area (Å²) < 4.78 is 11.0. The van der Waals surface area contributed by atoms with Gasteiger partial charge in [0.15, 0.2) is 0 Å². The number of carbonyl (C=O) groups is 1. The second-order valence-corrected chi connectivity index (χ2v) is 8.28. The molecule has 3 saturated heterocycles. The number of rotatable bonds is 4. The molecule has 0 radical (unpaired) electrons. The Morgan fingerprint density at radius 1 is 1.31 bits per heavy atom. The number of hydrogen-bond acceptors (Lipinski definition) is 6. The molecule has 1 unspecified atom stereocenters. The molecule has 3 fully saturated rings. The van der Waals surface area contributed by atoms with Gasteiger partial charge in [-0.2, -0.15) is 0 Å². The van der Waals surface area contributed by atoms with E-state index in [0.29, 0.717) is 18.7 Å². The van der Waals surface area contributed by atoms with Crippen molar-refractivity contribution in [3.63, 3.8) is 0 Å². The lowest BCUT2D eigenvalue weighted by Gasteiger charge is -2.63. The predicted octanol–water partition coefficient (Wildman–Crippen LogP) is 0.830. The van der Waals surface area contributed by atoms with Gasteiger partial charge in [-0.3, -0.25) is 14.6 Å². The number of methoxy groups -OCH3 is 1. The number of ether oxygens (including phenoxy) is 2. The maximum atomic E-state index is 13.2. The van der Waals surface area contributed by atoms with Gasteiger partial charge in [0, 0.05) is 56.7 Å². The Morgan fingerprint density at radius 2 is 2.14 bits per heavy atom. The molecule has 1 N–H and O–H groups in total. The van der Waals surface area contributed by atoms with Gasteiger partial charge in [0.25, 0.3) is 5.91 Å². The Bertz CT molecular complexity index is 848. The molecule has 1 aromatic heterocycles. The Balaban J connectivity index is 1.33. The maximum Gasteiger partial charge on any atom is 0.253 e. The predicted molar refractivity (Wildman–Crippen MR) is 107 cm³/mol. The van der Waals surface area contributed by atoms with Crippen LogP contribution in [0.3, 0.4) is 0 Å². The molecule has 5 rings (SSSR count). The highest BCUT2D eigenvalue weighted by Gasteiger charge is 2.54. The summed E-state index contributed by atoms with van der Waals surface area (Å²) >= 11 is 0. The van der Waals surface area contributed by atoms with Crippen LogP contribution in [0.5, 0.6) is 5.75 Å². The van der Waals surface area contributed by atoms with Gasteiger partial charge in [0.1, 0.15) is 5.75 Å². The number of nitrogens with zero attached hydrogens (tertiary/aromatic N) is 4. The smallest absolute Gasteiger partial charge is 0.253 e. The summed E-state index contributed by atoms with van der Waals surface area (Å²) in [6.45, 7) is 6.64. The number of aromatic nitrogens is 2. The average molecular weight is 397 g/mol. The number of likely N-dealkylation sites (tertiary alicyclic amines) is 1. The zero-order valence-electron chi connectivity index (χ0n) is 16.7. The largest absolute Gasteiger partial charge is 0.497 e. The van der Waals surface area contributed by atoms with E-state index in [4.69, 9.17) is 9.47 Å². The van der Waals surface area contributed by atoms with Gasteiger partial charge in [-0.15, -0.1) is 0 Å². The zero-order chi connectivity index (χ0) is 19.8. The van der Waals surface area contributed by atoms with Gasteiger partial charge in [-0.05, 0) is 24.3 Å². The molecule has 8 nitrogen and oxygen atoms in total. The summed E-state index contributed by atoms with van der Waals surface area (Å²) in [6.07, 6.45) is 3.60. The summed E-state index contributed by atoms with van der Waals surface area (Å²) in [6, 6.07) is 7.65. The summed E-state index contributed by atoms with van der Waals surface area (Å²) in [7, 11) is 1.63. The van der Waals surface area contributed by atoms with Gasteiger partial charge < -0.3 is 19.4 Å². The summed E-state index contributed by atoms with van der Waals surface area (Å²) in [5.41, 5.74) is 1.84. The highest BCUT2D eigenvalue weighted by atomic mass is 16.5. The maximum absolute atomic E-state index is 13.2. The lowest BCUT2D eigenvalue weighted by molar-refractivity contribution is -0.160. The first-order valence-corrected chi connectivity index (χ1v) is 10.1. The number of imidazole rings is 1. The summed E-state index contributed by atoms with van der Waals surface area (Å²) in [5, 5.41) is 0. The number of H-pyrrole nitrogens is 1. The van der Waals surface area contributed by atoms with Crippen LogP contribution in [0.25, 0.3) is 0 Å². The second kappa shape index (κ2) is 7.44. The van der Waals surface area contributed by atoms with Crippen LogP contribution in [0.2, 0.25) is 0 Å². The first kappa shape index (κ1) is 18.6. The molecule has 1 amide bonds. The van der Waals surface area contributed by atoms with Gasteiger partial charge in [0.2, 0.25) is 0 Å². The van der Waals surface area contributed by atoms with Crippen LogP contribution in [0.4, 0.5) is 0 Å². The lowest BCUT2D eigenvalue weighted by atomic mass is 9.82. The van der Waals surface area contributed by atoms with Crippen molar-refractivity contribution in [2.75, 3.05) is 53.0 Å². The third kappa shape index (κ3) is 3.41. The molecule has 4 heterocycles. The van der Waals surface area contributed by atoms with Crippen molar-refractivity contribution < 1.29 is 14.3 Å². The minimum Gasteiger partial charge on any atom is -0.497 e. The van der Waals surface area contributed by atoms with Crippen molar-refractivity contribution in [2.45, 2.75) is 18.1 Å². The number of fused-ring (bicyclic) bond motifs is 2. The fraction of sp³-hybridized carbons (Fsp3) is 0.524. The van der Waals surface area contributed by atoms with Crippen molar-refractivity contribution >= 4 is 5.91 Å². The van der Waals surface area contributed by atoms with Crippen molar-refractivity contribution in [3.8, 4) is 5.75 Å². The molecule has 1 atom stereocenters. The normalized spacial score (nSPS) is 24.2. The Morgan fingerprint density at radius 3 is 2.86 bits per heavy atom. The van der Waals surface area contributed by atoms with Crippen LogP contribution in [-0.4, -0.2) is 95.2 Å². The topological polar surface area (TPSA) is 73.9 Å². The van der Waals surface area contributed by atoms with E-state index in [0.717, 1.165) is 50.8 Å². The minimum atomic E-state index is 0.00878. The SMILES string of the molecule is COc1ccc(C(=O)N2CC3COCCN3C3(CN(Cc4cnc[nH]4)C3)C2)cc1. The molecule has 3 aliphatic heterocycles. The second-order valence-electron chi connectivity index (χ2n) is 8.28. The average Bonchev–Trinajstić information content (AvgIpc) is 3.25. The van der Waals surface area contributed by atoms with E-state index in [9.17, 15) is 4.79 Å². The van der Waals surface area contributed by atoms with E-state index in [1.54, 1.807) is 13.4 Å². The molecule has 3 aliphatic rings. The molecule has 0 saturated carbocycles. The fourth-order valence-electron chi connectivity index (χ4n) is 5.06. The van der Waals surface area contributed by atoms with Crippen LogP contribution in [0, 0.1) is 0 Å². The third-order valence-electron chi connectivity index (χ3n) is 6.36. The highest BCUT2D eigenvalue weighted by molar-refractivity contribution is 5.94. The summed E-state index contributed by atoms with van der Waals surface area (Å²) in [5.74, 6) is 0.848. The van der Waals surface area contributed by atoms with E-state index >= 15 is 0 Å². The van der Waals surface area contributed by atoms with E-state index in [1.807, 2.05) is 35.4 Å². The number of amides is 1. The van der Waals surface area contributed by atoms with Gasteiger partial charge >= 0.3 is 0 Å². The molecule has 0 aliphatic carbocycles. The van der Waals surface area contributed by atoms with Crippen LogP contribution < -0.4 is 4.74 Å². The first-order valence-electron chi connectivity index (χ1n) is 10.1. The molecular formula is C21H27N5O3. The summed E-state index contributed by atoms with van der Waals surface area (Å²) in [4.78, 5) is 27.6. The van der Waals surface area contributed by atoms with Crippen molar-refractivity contribution in [1.29, 1.82) is 0 Å². The third-order valence-corrected chi connectivity index (χ3v) is 6.36. The highest BCUT2D eigenvalue weighted by Crippen LogP contribution is 2.36. The number of piperazine rings is 1. The first-order chi connectivity index (χ1) is 14.2. The van der Waals surface area contributed by atoms with Crippen molar-refractivity contribution in [1.82, 2.24) is 24.7 Å². The number of carbonyl (C=O) groups excluding carboxylic acids is 1. The quantitative estimate of drug-likeness (QED) is 0.824. The number of benzene rings is 1. The Hall–Kier alpha value is -2.42. The molecule has 29 heavy (non-hydrogen) atoms. The number of aromatic amines is 1. The molecule has 0 bridgehead atoms. The van der Waals surface area contributed by atoms with E-state index in [1.165, 1.54) is 0 Å². The molecular weight excluding hydrogens is 370 g/mol. The zero-order valence-corrected chi connectivity index (χ0v) is 16.7. The molecule has 1 aromatic carbocycles. The van der Waals surface area contributed by atoms with Gasteiger partial charge in [-0.25, -0.2) is 4.98 Å². The monoisotopic (exact) mass is 397 g/mol. The lowest BCUT2D eigenvalue weighted by Crippen LogP contribution is -2.80. The molecule has 2 aromatic rings. The minimum absolute atomic E-state index is 0.00878. The van der Waals surface area contributed by atoms with Crippen molar-refractivity contribution in [2.24, 2.45) is 0 Å². The molecule has 1 spiro atoms. The number of nitrogens with one attached hydrogen (secondary N) is 1. The van der Waals surface area contributed by atoms with Gasteiger partial charge in [-0.1, -0.05) is 0 Å². The van der Waals surface area contributed by atoms with Crippen molar-refractivity contribution in [3.05, 3.63) is 48.0 Å². The van der Waals surface area contributed by atoms with E-state index < -0.39 is 0 Å². The van der Waals surface area contributed by atoms with Crippen LogP contribution in [0.1, 0.15) is 16.1 Å². The Kier molecular flexibility index (Phi) is 4.77. The van der Waals surface area contributed by atoms with Crippen LogP contribution in [-0.2, 0) is 11.3 Å². The van der Waals surface area contributed by atoms with Gasteiger partial charge in [0.05, 0.1) is 38.2 Å². The number of hydrogen-bond donors (Lipinski definition) is 1. The van der Waals surface area contributed by atoms with E-state index in [-0.39, 0.29) is 17.5 Å². The molecule has 8 heteroatoms. The Labute approximate surface area is 170 Å². The standard InChI is InChI=1S/C21H27N5O3/c1-28-19-4-2-16(3-5-19)20(27)25-10-18-11-29-7-6-26(18)21(14-25)12-24(13-21)9-17-8-22-15-23-17/h2-5,8,15,18H,6-7,9-14H2,1H3,(H,22,23). The number of morpholine rings is 1. The molecule has 154 valence electrons.